The molecule has 120 valence electrons. The molecule has 0 amide bonds. The molecular weight excluding hydrogens is 276 g/mol. The van der Waals surface area contributed by atoms with Gasteiger partial charge in [-0.3, -0.25) is 0 Å². The summed E-state index contributed by atoms with van der Waals surface area (Å²) in [4.78, 5) is 0. The molecular formula is C23H28. The summed E-state index contributed by atoms with van der Waals surface area (Å²) in [6, 6.07) is 13.6. The van der Waals surface area contributed by atoms with Crippen LogP contribution in [0.1, 0.15) is 68.2 Å². The van der Waals surface area contributed by atoms with Crippen LogP contribution in [0.4, 0.5) is 0 Å². The van der Waals surface area contributed by atoms with E-state index < -0.39 is 0 Å². The fraction of sp³-hybridized carbons (Fsp3) is 0.391. The van der Waals surface area contributed by atoms with E-state index in [2.05, 4.69) is 70.2 Å². The minimum absolute atomic E-state index is 0.548. The van der Waals surface area contributed by atoms with Crippen LogP contribution in [0, 0.1) is 6.92 Å². The molecule has 23 heavy (non-hydrogen) atoms. The first-order chi connectivity index (χ1) is 11.1. The molecule has 0 aliphatic heterocycles. The average Bonchev–Trinajstić information content (AvgIpc) is 2.95. The lowest BCUT2D eigenvalue weighted by Crippen LogP contribution is -1.97. The van der Waals surface area contributed by atoms with Gasteiger partial charge in [-0.2, -0.15) is 0 Å². The van der Waals surface area contributed by atoms with E-state index in [1.165, 1.54) is 52.6 Å². The molecule has 0 heterocycles. The molecule has 3 rings (SSSR count). The molecule has 1 aliphatic rings. The molecule has 2 aromatic carbocycles. The zero-order valence-electron chi connectivity index (χ0n) is 14.9. The second-order valence-electron chi connectivity index (χ2n) is 7.16. The van der Waals surface area contributed by atoms with Crippen LogP contribution >= 0.6 is 0 Å². The van der Waals surface area contributed by atoms with Crippen molar-refractivity contribution in [1.82, 2.24) is 0 Å². The molecule has 0 bridgehead atoms. The lowest BCUT2D eigenvalue weighted by atomic mass is 9.87. The second-order valence-corrected chi connectivity index (χ2v) is 7.16. The van der Waals surface area contributed by atoms with Crippen LogP contribution in [0.2, 0.25) is 0 Å². The van der Waals surface area contributed by atoms with Gasteiger partial charge in [-0.1, -0.05) is 75.2 Å². The van der Waals surface area contributed by atoms with Crippen molar-refractivity contribution in [2.75, 3.05) is 0 Å². The van der Waals surface area contributed by atoms with Gasteiger partial charge in [-0.05, 0) is 65.5 Å². The first-order valence-corrected chi connectivity index (χ1v) is 9.03. The number of fused-ring (bicyclic) bond motifs is 1. The summed E-state index contributed by atoms with van der Waals surface area (Å²) in [5.41, 5.74) is 10.3. The summed E-state index contributed by atoms with van der Waals surface area (Å²) in [6.07, 6.45) is 7.44. The van der Waals surface area contributed by atoms with Crippen molar-refractivity contribution in [3.8, 4) is 11.1 Å². The molecule has 0 atom stereocenters. The Morgan fingerprint density at radius 2 is 1.83 bits per heavy atom. The SMILES string of the molecule is CCCCC1=Cc2c(ccc(C)c2-c2ccccc2C(C)C)C1. The van der Waals surface area contributed by atoms with Crippen molar-refractivity contribution in [2.24, 2.45) is 0 Å². The highest BCUT2D eigenvalue weighted by Crippen LogP contribution is 2.40. The number of benzene rings is 2. The van der Waals surface area contributed by atoms with Gasteiger partial charge in [0.1, 0.15) is 0 Å². The van der Waals surface area contributed by atoms with Crippen molar-refractivity contribution in [1.29, 1.82) is 0 Å². The molecule has 0 unspecified atom stereocenters. The maximum atomic E-state index is 2.48. The predicted molar refractivity (Wildman–Crippen MR) is 102 cm³/mol. The number of hydrogen-bond acceptors (Lipinski definition) is 0. The molecule has 0 aromatic heterocycles. The number of unbranched alkanes of at least 4 members (excludes halogenated alkanes) is 1. The van der Waals surface area contributed by atoms with Crippen molar-refractivity contribution in [3.05, 3.63) is 64.2 Å². The van der Waals surface area contributed by atoms with Crippen LogP contribution in [0.15, 0.2) is 42.0 Å². The Bertz CT molecular complexity index is 732. The van der Waals surface area contributed by atoms with Gasteiger partial charge in [0.25, 0.3) is 0 Å². The van der Waals surface area contributed by atoms with Crippen molar-refractivity contribution in [2.45, 2.75) is 59.3 Å². The fourth-order valence-corrected chi connectivity index (χ4v) is 3.74. The molecule has 0 N–H and O–H groups in total. The van der Waals surface area contributed by atoms with Gasteiger partial charge in [-0.15, -0.1) is 0 Å². The third-order valence-electron chi connectivity index (χ3n) is 5.01. The molecule has 0 saturated heterocycles. The summed E-state index contributed by atoms with van der Waals surface area (Å²) < 4.78 is 0. The van der Waals surface area contributed by atoms with E-state index in [9.17, 15) is 0 Å². The van der Waals surface area contributed by atoms with Crippen molar-refractivity contribution in [3.63, 3.8) is 0 Å². The van der Waals surface area contributed by atoms with E-state index in [1.54, 1.807) is 5.57 Å². The van der Waals surface area contributed by atoms with E-state index in [1.807, 2.05) is 0 Å². The quantitative estimate of drug-likeness (QED) is 0.562. The van der Waals surface area contributed by atoms with Crippen LogP contribution in [0.5, 0.6) is 0 Å². The Morgan fingerprint density at radius 1 is 1.04 bits per heavy atom. The van der Waals surface area contributed by atoms with Crippen LogP contribution in [0.3, 0.4) is 0 Å². The normalized spacial score (nSPS) is 13.3. The first-order valence-electron chi connectivity index (χ1n) is 9.03. The Balaban J connectivity index is 2.12. The summed E-state index contributed by atoms with van der Waals surface area (Å²) in [6.45, 7) is 9.11. The summed E-state index contributed by atoms with van der Waals surface area (Å²) in [7, 11) is 0. The number of rotatable bonds is 5. The van der Waals surface area contributed by atoms with Gasteiger partial charge in [0, 0.05) is 0 Å². The molecule has 1 aliphatic carbocycles. The van der Waals surface area contributed by atoms with Crippen LogP contribution in [0.25, 0.3) is 17.2 Å². The number of allylic oxidation sites excluding steroid dienone is 1. The Kier molecular flexibility index (Phi) is 4.71. The van der Waals surface area contributed by atoms with Gasteiger partial charge in [0.15, 0.2) is 0 Å². The Morgan fingerprint density at radius 3 is 2.57 bits per heavy atom. The Labute approximate surface area is 141 Å². The topological polar surface area (TPSA) is 0 Å². The number of aryl methyl sites for hydroxylation is 1. The maximum Gasteiger partial charge on any atom is -0.00576 e. The second kappa shape index (κ2) is 6.74. The van der Waals surface area contributed by atoms with Crippen LogP contribution < -0.4 is 0 Å². The minimum Gasteiger partial charge on any atom is -0.0654 e. The highest BCUT2D eigenvalue weighted by molar-refractivity contribution is 5.84. The monoisotopic (exact) mass is 304 g/mol. The zero-order valence-corrected chi connectivity index (χ0v) is 14.9. The third kappa shape index (κ3) is 3.13. The van der Waals surface area contributed by atoms with Gasteiger partial charge >= 0.3 is 0 Å². The van der Waals surface area contributed by atoms with E-state index in [-0.39, 0.29) is 0 Å². The standard InChI is InChI=1S/C23H28/c1-5-6-9-18-14-19-13-12-17(4)23(22(19)15-18)21-11-8-7-10-20(21)16(2)3/h7-8,10-13,15-16H,5-6,9,14H2,1-4H3. The molecule has 2 aromatic rings. The largest absolute Gasteiger partial charge is 0.0654 e. The van der Waals surface area contributed by atoms with Gasteiger partial charge < -0.3 is 0 Å². The van der Waals surface area contributed by atoms with E-state index in [4.69, 9.17) is 0 Å². The van der Waals surface area contributed by atoms with E-state index in [0.29, 0.717) is 5.92 Å². The van der Waals surface area contributed by atoms with Crippen molar-refractivity contribution < 1.29 is 0 Å². The maximum absolute atomic E-state index is 2.48. The predicted octanol–water partition coefficient (Wildman–Crippen LogP) is 6.92. The fourth-order valence-electron chi connectivity index (χ4n) is 3.74. The molecule has 0 heteroatoms. The Hall–Kier alpha value is -1.82. The van der Waals surface area contributed by atoms with E-state index >= 15 is 0 Å². The van der Waals surface area contributed by atoms with Crippen LogP contribution in [-0.2, 0) is 6.42 Å². The lowest BCUT2D eigenvalue weighted by Gasteiger charge is -2.17. The average molecular weight is 304 g/mol. The summed E-state index contributed by atoms with van der Waals surface area (Å²) in [5, 5.41) is 0. The molecule has 0 radical (unpaired) electrons. The molecule has 0 fully saturated rings. The van der Waals surface area contributed by atoms with Crippen molar-refractivity contribution >= 4 is 6.08 Å². The van der Waals surface area contributed by atoms with Gasteiger partial charge in [0.2, 0.25) is 0 Å². The van der Waals surface area contributed by atoms with Crippen LogP contribution in [-0.4, -0.2) is 0 Å². The van der Waals surface area contributed by atoms with Gasteiger partial charge in [-0.25, -0.2) is 0 Å². The molecule has 0 saturated carbocycles. The molecule has 0 nitrogen and oxygen atoms in total. The van der Waals surface area contributed by atoms with Gasteiger partial charge in [0.05, 0.1) is 0 Å². The third-order valence-corrected chi connectivity index (χ3v) is 5.01. The summed E-state index contributed by atoms with van der Waals surface area (Å²) in [5.74, 6) is 0.548. The highest BCUT2D eigenvalue weighted by atomic mass is 14.2. The molecule has 0 spiro atoms. The zero-order chi connectivity index (χ0) is 16.4. The summed E-state index contributed by atoms with van der Waals surface area (Å²) >= 11 is 0. The van der Waals surface area contributed by atoms with E-state index in [0.717, 1.165) is 6.42 Å². The first kappa shape index (κ1) is 16.1. The minimum atomic E-state index is 0.548. The number of hydrogen-bond donors (Lipinski definition) is 0. The lowest BCUT2D eigenvalue weighted by molar-refractivity contribution is 0.779. The highest BCUT2D eigenvalue weighted by Gasteiger charge is 2.20. The smallest absolute Gasteiger partial charge is 0.00576 e.